The zero-order valence-corrected chi connectivity index (χ0v) is 11.9. The maximum atomic E-state index is 12.1. The fourth-order valence-electron chi connectivity index (χ4n) is 1.87. The highest BCUT2D eigenvalue weighted by Gasteiger charge is 2.05. The minimum Gasteiger partial charge on any atom is -0.322 e. The van der Waals surface area contributed by atoms with Crippen LogP contribution in [0.1, 0.15) is 29.8 Å². The van der Waals surface area contributed by atoms with E-state index in [4.69, 9.17) is 0 Å². The molecule has 2 aromatic rings. The average molecular weight is 268 g/mol. The number of carbonyl (C=O) groups excluding carboxylic acids is 1. The van der Waals surface area contributed by atoms with Crippen molar-refractivity contribution < 1.29 is 4.79 Å². The molecule has 0 atom stereocenters. The maximum Gasteiger partial charge on any atom is 0.255 e. The van der Waals surface area contributed by atoms with E-state index in [-0.39, 0.29) is 5.91 Å². The van der Waals surface area contributed by atoms with Crippen molar-refractivity contribution in [1.82, 2.24) is 5.32 Å². The minimum atomic E-state index is -0.0837. The summed E-state index contributed by atoms with van der Waals surface area (Å²) in [5.74, 6) is -0.0837. The zero-order valence-electron chi connectivity index (χ0n) is 11.9. The fourth-order valence-corrected chi connectivity index (χ4v) is 1.87. The van der Waals surface area contributed by atoms with Crippen LogP contribution >= 0.6 is 0 Å². The topological polar surface area (TPSA) is 41.1 Å². The monoisotopic (exact) mass is 268 g/mol. The van der Waals surface area contributed by atoms with Crippen molar-refractivity contribution in [3.63, 3.8) is 0 Å². The largest absolute Gasteiger partial charge is 0.322 e. The summed E-state index contributed by atoms with van der Waals surface area (Å²) < 4.78 is 0. The van der Waals surface area contributed by atoms with Crippen LogP contribution in [0.25, 0.3) is 0 Å². The molecule has 0 aliphatic carbocycles. The highest BCUT2D eigenvalue weighted by molar-refractivity contribution is 6.04. The van der Waals surface area contributed by atoms with E-state index in [1.807, 2.05) is 42.5 Å². The Balaban J connectivity index is 2.02. The van der Waals surface area contributed by atoms with E-state index in [9.17, 15) is 4.79 Å². The first-order valence-corrected chi connectivity index (χ1v) is 6.84. The fraction of sp³-hybridized carbons (Fsp3) is 0.235. The molecule has 0 fully saturated rings. The number of hydrogen-bond acceptors (Lipinski definition) is 2. The smallest absolute Gasteiger partial charge is 0.255 e. The Morgan fingerprint density at radius 3 is 2.50 bits per heavy atom. The molecule has 0 spiro atoms. The number of amides is 1. The van der Waals surface area contributed by atoms with Gasteiger partial charge in [0.05, 0.1) is 0 Å². The molecule has 104 valence electrons. The van der Waals surface area contributed by atoms with Gasteiger partial charge >= 0.3 is 0 Å². The van der Waals surface area contributed by atoms with E-state index < -0.39 is 0 Å². The van der Waals surface area contributed by atoms with Gasteiger partial charge < -0.3 is 10.6 Å². The Morgan fingerprint density at radius 1 is 1.05 bits per heavy atom. The third-order valence-corrected chi connectivity index (χ3v) is 2.94. The Morgan fingerprint density at radius 2 is 1.80 bits per heavy atom. The summed E-state index contributed by atoms with van der Waals surface area (Å²) in [6.45, 7) is 5.02. The normalized spacial score (nSPS) is 10.6. The Kier molecular flexibility index (Phi) is 4.91. The lowest BCUT2D eigenvalue weighted by Gasteiger charge is -2.10. The molecule has 0 unspecified atom stereocenters. The molecule has 0 aromatic heterocycles. The van der Waals surface area contributed by atoms with E-state index in [1.54, 1.807) is 12.1 Å². The number of hydrogen-bond donors (Lipinski definition) is 2. The van der Waals surface area contributed by atoms with Crippen molar-refractivity contribution in [3.8, 4) is 0 Å². The van der Waals surface area contributed by atoms with E-state index in [0.29, 0.717) is 11.6 Å². The van der Waals surface area contributed by atoms with Crippen LogP contribution in [0, 0.1) is 0 Å². The van der Waals surface area contributed by atoms with Crippen LogP contribution < -0.4 is 10.6 Å². The lowest BCUT2D eigenvalue weighted by atomic mass is 10.1. The van der Waals surface area contributed by atoms with Gasteiger partial charge in [0.1, 0.15) is 0 Å². The predicted octanol–water partition coefficient (Wildman–Crippen LogP) is 3.44. The summed E-state index contributed by atoms with van der Waals surface area (Å²) in [5.41, 5.74) is 2.64. The van der Waals surface area contributed by atoms with Crippen molar-refractivity contribution >= 4 is 11.6 Å². The molecule has 2 aromatic carbocycles. The van der Waals surface area contributed by atoms with Crippen LogP contribution in [-0.2, 0) is 6.54 Å². The van der Waals surface area contributed by atoms with Gasteiger partial charge in [-0.3, -0.25) is 4.79 Å². The lowest BCUT2D eigenvalue weighted by molar-refractivity contribution is 0.102. The molecular weight excluding hydrogens is 248 g/mol. The summed E-state index contributed by atoms with van der Waals surface area (Å²) in [7, 11) is 0. The Hall–Kier alpha value is -2.13. The third kappa shape index (κ3) is 4.21. The molecule has 2 rings (SSSR count). The van der Waals surface area contributed by atoms with Crippen LogP contribution in [0.4, 0.5) is 5.69 Å². The molecule has 0 aliphatic heterocycles. The molecule has 0 radical (unpaired) electrons. The van der Waals surface area contributed by atoms with Gasteiger partial charge in [0.25, 0.3) is 5.91 Å². The summed E-state index contributed by atoms with van der Waals surface area (Å²) in [6.07, 6.45) is 0. The lowest BCUT2D eigenvalue weighted by Crippen LogP contribution is -2.21. The molecule has 0 heterocycles. The van der Waals surface area contributed by atoms with Gasteiger partial charge in [-0.05, 0) is 29.8 Å². The molecular formula is C17H20N2O. The number of anilines is 1. The van der Waals surface area contributed by atoms with E-state index in [0.717, 1.165) is 17.8 Å². The van der Waals surface area contributed by atoms with Crippen molar-refractivity contribution in [2.75, 3.05) is 5.32 Å². The molecule has 0 bridgehead atoms. The highest BCUT2D eigenvalue weighted by atomic mass is 16.1. The van der Waals surface area contributed by atoms with Gasteiger partial charge in [-0.25, -0.2) is 0 Å². The molecule has 3 nitrogen and oxygen atoms in total. The molecule has 3 heteroatoms. The average Bonchev–Trinajstić information content (AvgIpc) is 2.46. The molecule has 1 amide bonds. The number of nitrogens with one attached hydrogen (secondary N) is 2. The van der Waals surface area contributed by atoms with Crippen LogP contribution in [-0.4, -0.2) is 11.9 Å². The molecule has 20 heavy (non-hydrogen) atoms. The maximum absolute atomic E-state index is 12.1. The van der Waals surface area contributed by atoms with Crippen molar-refractivity contribution in [1.29, 1.82) is 0 Å². The van der Waals surface area contributed by atoms with Gasteiger partial charge in [0, 0.05) is 23.8 Å². The summed E-state index contributed by atoms with van der Waals surface area (Å²) in [5, 5.41) is 6.28. The number of carbonyl (C=O) groups is 1. The quantitative estimate of drug-likeness (QED) is 0.872. The Bertz CT molecular complexity index is 564. The van der Waals surface area contributed by atoms with Crippen LogP contribution in [0.5, 0.6) is 0 Å². The van der Waals surface area contributed by atoms with E-state index >= 15 is 0 Å². The van der Waals surface area contributed by atoms with Crippen LogP contribution in [0.2, 0.25) is 0 Å². The first-order valence-electron chi connectivity index (χ1n) is 6.84. The van der Waals surface area contributed by atoms with Gasteiger partial charge in [0.2, 0.25) is 0 Å². The summed E-state index contributed by atoms with van der Waals surface area (Å²) in [4.78, 5) is 12.1. The van der Waals surface area contributed by atoms with Crippen LogP contribution in [0.15, 0.2) is 54.6 Å². The Labute approximate surface area is 120 Å². The van der Waals surface area contributed by atoms with Crippen molar-refractivity contribution in [2.45, 2.75) is 26.4 Å². The zero-order chi connectivity index (χ0) is 14.4. The molecule has 0 saturated carbocycles. The number of benzene rings is 2. The first kappa shape index (κ1) is 14.3. The standard InChI is InChI=1S/C17H20N2O/c1-13(2)18-12-14-7-6-10-16(11-14)19-17(20)15-8-4-3-5-9-15/h3-11,13,18H,12H2,1-2H3,(H,19,20). The van der Waals surface area contributed by atoms with Crippen molar-refractivity contribution in [2.24, 2.45) is 0 Å². The summed E-state index contributed by atoms with van der Waals surface area (Å²) >= 11 is 0. The SMILES string of the molecule is CC(C)NCc1cccc(NC(=O)c2ccccc2)c1. The second-order valence-electron chi connectivity index (χ2n) is 5.06. The minimum absolute atomic E-state index is 0.0837. The van der Waals surface area contributed by atoms with Gasteiger partial charge in [-0.15, -0.1) is 0 Å². The molecule has 2 N–H and O–H groups in total. The van der Waals surface area contributed by atoms with E-state index in [1.165, 1.54) is 0 Å². The van der Waals surface area contributed by atoms with Crippen LogP contribution in [0.3, 0.4) is 0 Å². The number of rotatable bonds is 5. The predicted molar refractivity (Wildman–Crippen MR) is 82.8 cm³/mol. The summed E-state index contributed by atoms with van der Waals surface area (Å²) in [6, 6.07) is 17.6. The van der Waals surface area contributed by atoms with Gasteiger partial charge in [-0.1, -0.05) is 44.2 Å². The highest BCUT2D eigenvalue weighted by Crippen LogP contribution is 2.12. The van der Waals surface area contributed by atoms with Gasteiger partial charge in [0.15, 0.2) is 0 Å². The second-order valence-corrected chi connectivity index (χ2v) is 5.06. The third-order valence-electron chi connectivity index (χ3n) is 2.94. The van der Waals surface area contributed by atoms with E-state index in [2.05, 4.69) is 24.5 Å². The molecule has 0 saturated heterocycles. The first-order chi connectivity index (χ1) is 9.65. The molecule has 0 aliphatic rings. The van der Waals surface area contributed by atoms with Gasteiger partial charge in [-0.2, -0.15) is 0 Å². The second kappa shape index (κ2) is 6.87. The van der Waals surface area contributed by atoms with Crippen molar-refractivity contribution in [3.05, 3.63) is 65.7 Å².